The van der Waals surface area contributed by atoms with E-state index < -0.39 is 5.82 Å². The number of benzene rings is 1. The molecule has 2 aromatic rings. The van der Waals surface area contributed by atoms with E-state index >= 15 is 0 Å². The minimum Gasteiger partial charge on any atom is -0.355 e. The van der Waals surface area contributed by atoms with E-state index in [1.165, 1.54) is 19.2 Å². The zero-order valence-electron chi connectivity index (χ0n) is 11.8. The number of nitrogens with one attached hydrogen (secondary N) is 1. The van der Waals surface area contributed by atoms with Gasteiger partial charge in [0.05, 0.1) is 5.69 Å². The van der Waals surface area contributed by atoms with Gasteiger partial charge in [-0.15, -0.1) is 0 Å². The third-order valence-corrected chi connectivity index (χ3v) is 3.08. The number of carbonyl (C=O) groups is 1. The monoisotopic (exact) mass is 272 g/mol. The first-order chi connectivity index (χ1) is 9.52. The largest absolute Gasteiger partial charge is 0.355 e. The molecule has 3 nitrogen and oxygen atoms in total. The van der Waals surface area contributed by atoms with E-state index in [1.807, 2.05) is 26.0 Å². The van der Waals surface area contributed by atoms with Crippen LogP contribution in [0.3, 0.4) is 0 Å². The van der Waals surface area contributed by atoms with Gasteiger partial charge in [0.2, 0.25) is 0 Å². The van der Waals surface area contributed by atoms with Crippen LogP contribution in [0.2, 0.25) is 0 Å². The minimum atomic E-state index is -0.431. The van der Waals surface area contributed by atoms with Crippen molar-refractivity contribution in [1.29, 1.82) is 0 Å². The highest BCUT2D eigenvalue weighted by Crippen LogP contribution is 2.28. The van der Waals surface area contributed by atoms with E-state index in [0.29, 0.717) is 11.1 Å². The first-order valence-electron chi connectivity index (χ1n) is 6.51. The molecule has 0 aliphatic carbocycles. The Morgan fingerprint density at radius 1 is 1.30 bits per heavy atom. The van der Waals surface area contributed by atoms with Crippen molar-refractivity contribution in [2.75, 3.05) is 7.05 Å². The third kappa shape index (κ3) is 2.85. The summed E-state index contributed by atoms with van der Waals surface area (Å²) in [6.45, 7) is 4.07. The first kappa shape index (κ1) is 14.2. The van der Waals surface area contributed by atoms with Crippen LogP contribution in [0.4, 0.5) is 4.39 Å². The molecule has 0 atom stereocenters. The topological polar surface area (TPSA) is 42.0 Å². The Hall–Kier alpha value is -2.23. The van der Waals surface area contributed by atoms with Gasteiger partial charge in [0.15, 0.2) is 0 Å². The molecule has 1 heterocycles. The van der Waals surface area contributed by atoms with Crippen LogP contribution in [0.5, 0.6) is 0 Å². The van der Waals surface area contributed by atoms with Crippen LogP contribution in [-0.4, -0.2) is 17.9 Å². The second kappa shape index (κ2) is 5.82. The van der Waals surface area contributed by atoms with Crippen molar-refractivity contribution in [3.63, 3.8) is 0 Å². The van der Waals surface area contributed by atoms with Crippen LogP contribution < -0.4 is 5.32 Å². The van der Waals surface area contributed by atoms with Crippen LogP contribution in [0, 0.1) is 5.82 Å². The summed E-state index contributed by atoms with van der Waals surface area (Å²) >= 11 is 0. The molecule has 0 aliphatic heterocycles. The quantitative estimate of drug-likeness (QED) is 0.930. The van der Waals surface area contributed by atoms with Gasteiger partial charge in [-0.3, -0.25) is 9.78 Å². The van der Waals surface area contributed by atoms with Crippen LogP contribution in [0.1, 0.15) is 35.8 Å². The minimum absolute atomic E-state index is 0.220. The molecule has 20 heavy (non-hydrogen) atoms. The molecule has 0 fully saturated rings. The smallest absolute Gasteiger partial charge is 0.251 e. The average Bonchev–Trinajstić information content (AvgIpc) is 2.45. The molecule has 0 bridgehead atoms. The van der Waals surface area contributed by atoms with Gasteiger partial charge >= 0.3 is 0 Å². The van der Waals surface area contributed by atoms with Crippen molar-refractivity contribution >= 4 is 5.91 Å². The molecule has 1 aromatic heterocycles. The number of rotatable bonds is 3. The molecule has 0 saturated heterocycles. The van der Waals surface area contributed by atoms with Gasteiger partial charge in [0.1, 0.15) is 5.82 Å². The fourth-order valence-corrected chi connectivity index (χ4v) is 2.14. The van der Waals surface area contributed by atoms with Crippen molar-refractivity contribution in [3.8, 4) is 11.1 Å². The summed E-state index contributed by atoms with van der Waals surface area (Å²) in [6.07, 6.45) is 1.72. The van der Waals surface area contributed by atoms with E-state index in [4.69, 9.17) is 0 Å². The Morgan fingerprint density at radius 2 is 2.05 bits per heavy atom. The Morgan fingerprint density at radius 3 is 2.70 bits per heavy atom. The maximum atomic E-state index is 13.7. The molecule has 1 N–H and O–H groups in total. The molecule has 0 saturated carbocycles. The molecule has 0 spiro atoms. The van der Waals surface area contributed by atoms with Gasteiger partial charge in [0, 0.05) is 24.4 Å². The van der Waals surface area contributed by atoms with E-state index in [0.717, 1.165) is 11.3 Å². The van der Waals surface area contributed by atoms with Crippen molar-refractivity contribution < 1.29 is 9.18 Å². The zero-order valence-corrected chi connectivity index (χ0v) is 11.8. The highest BCUT2D eigenvalue weighted by atomic mass is 19.1. The van der Waals surface area contributed by atoms with Gasteiger partial charge < -0.3 is 5.32 Å². The van der Waals surface area contributed by atoms with Gasteiger partial charge in [-0.05, 0) is 35.7 Å². The van der Waals surface area contributed by atoms with Crippen LogP contribution in [0.15, 0.2) is 36.5 Å². The molecule has 4 heteroatoms. The van der Waals surface area contributed by atoms with E-state index in [2.05, 4.69) is 10.3 Å². The highest BCUT2D eigenvalue weighted by molar-refractivity contribution is 5.95. The second-order valence-corrected chi connectivity index (χ2v) is 4.90. The Kier molecular flexibility index (Phi) is 4.13. The predicted octanol–water partition coefficient (Wildman–Crippen LogP) is 3.37. The standard InChI is InChI=1S/C16H17FN2O/c1-10(2)15-14(5-4-6-19-15)11-7-12(16(20)18-3)9-13(17)8-11/h4-10H,1-3H3,(H,18,20). The van der Waals surface area contributed by atoms with Gasteiger partial charge in [-0.2, -0.15) is 0 Å². The fourth-order valence-electron chi connectivity index (χ4n) is 2.14. The number of halogens is 1. The van der Waals surface area contributed by atoms with Gasteiger partial charge in [0.25, 0.3) is 5.91 Å². The molecular formula is C16H17FN2O. The molecule has 2 rings (SSSR count). The summed E-state index contributed by atoms with van der Waals surface area (Å²) in [7, 11) is 1.52. The summed E-state index contributed by atoms with van der Waals surface area (Å²) in [5.74, 6) is -0.515. The lowest BCUT2D eigenvalue weighted by atomic mass is 9.96. The molecule has 1 aromatic carbocycles. The number of hydrogen-bond acceptors (Lipinski definition) is 2. The van der Waals surface area contributed by atoms with Crippen molar-refractivity contribution in [1.82, 2.24) is 10.3 Å². The summed E-state index contributed by atoms with van der Waals surface area (Å²) in [5.41, 5.74) is 2.72. The normalized spacial score (nSPS) is 10.7. The molecule has 1 amide bonds. The van der Waals surface area contributed by atoms with Crippen molar-refractivity contribution in [2.24, 2.45) is 0 Å². The highest BCUT2D eigenvalue weighted by Gasteiger charge is 2.13. The number of nitrogens with zero attached hydrogens (tertiary/aromatic N) is 1. The lowest BCUT2D eigenvalue weighted by molar-refractivity contribution is 0.0962. The first-order valence-corrected chi connectivity index (χ1v) is 6.51. The Bertz CT molecular complexity index is 638. The average molecular weight is 272 g/mol. The Labute approximate surface area is 117 Å². The van der Waals surface area contributed by atoms with E-state index in [1.54, 1.807) is 12.3 Å². The maximum Gasteiger partial charge on any atom is 0.251 e. The third-order valence-electron chi connectivity index (χ3n) is 3.08. The lowest BCUT2D eigenvalue weighted by Crippen LogP contribution is -2.18. The van der Waals surface area contributed by atoms with Gasteiger partial charge in [-0.1, -0.05) is 19.9 Å². The van der Waals surface area contributed by atoms with Crippen LogP contribution >= 0.6 is 0 Å². The number of carbonyl (C=O) groups excluding carboxylic acids is 1. The zero-order chi connectivity index (χ0) is 14.7. The van der Waals surface area contributed by atoms with E-state index in [9.17, 15) is 9.18 Å². The molecule has 0 radical (unpaired) electrons. The maximum absolute atomic E-state index is 13.7. The number of pyridine rings is 1. The van der Waals surface area contributed by atoms with Gasteiger partial charge in [-0.25, -0.2) is 4.39 Å². The molecule has 0 aliphatic rings. The molecular weight excluding hydrogens is 255 g/mol. The van der Waals surface area contributed by atoms with E-state index in [-0.39, 0.29) is 11.8 Å². The summed E-state index contributed by atoms with van der Waals surface area (Å²) in [5, 5.41) is 2.50. The summed E-state index contributed by atoms with van der Waals surface area (Å²) < 4.78 is 13.7. The number of hydrogen-bond donors (Lipinski definition) is 1. The molecule has 104 valence electrons. The lowest BCUT2D eigenvalue weighted by Gasteiger charge is -2.12. The van der Waals surface area contributed by atoms with Crippen molar-refractivity contribution in [2.45, 2.75) is 19.8 Å². The Balaban J connectivity index is 2.59. The number of amides is 1. The predicted molar refractivity (Wildman–Crippen MR) is 77.1 cm³/mol. The molecule has 0 unspecified atom stereocenters. The summed E-state index contributed by atoms with van der Waals surface area (Å²) in [4.78, 5) is 16.0. The van der Waals surface area contributed by atoms with Crippen LogP contribution in [0.25, 0.3) is 11.1 Å². The second-order valence-electron chi connectivity index (χ2n) is 4.90. The number of aromatic nitrogens is 1. The fraction of sp³-hybridized carbons (Fsp3) is 0.250. The summed E-state index contributed by atoms with van der Waals surface area (Å²) in [6, 6.07) is 8.05. The van der Waals surface area contributed by atoms with Crippen LogP contribution in [-0.2, 0) is 0 Å². The van der Waals surface area contributed by atoms with Crippen molar-refractivity contribution in [3.05, 3.63) is 53.6 Å². The SMILES string of the molecule is CNC(=O)c1cc(F)cc(-c2cccnc2C(C)C)c1.